The van der Waals surface area contributed by atoms with Crippen LogP contribution < -0.4 is 0 Å². The molecule has 4 saturated carbocycles. The number of ether oxygens (including phenoxy) is 9. The average Bonchev–Trinajstić information content (AvgIpc) is 3.95. The number of hydrogen-bond donors (Lipinski definition) is 1. The summed E-state index contributed by atoms with van der Waals surface area (Å²) in [5.74, 6) is -6.28. The van der Waals surface area contributed by atoms with Crippen molar-refractivity contribution in [2.75, 3.05) is 34.5 Å². The van der Waals surface area contributed by atoms with Gasteiger partial charge >= 0.3 is 29.8 Å². The van der Waals surface area contributed by atoms with Crippen LogP contribution in [-0.4, -0.2) is 117 Å². The summed E-state index contributed by atoms with van der Waals surface area (Å²) in [6.07, 6.45) is -6.09. The Balaban J connectivity index is 1.67. The Labute approximate surface area is 366 Å². The van der Waals surface area contributed by atoms with Gasteiger partial charge in [-0.25, -0.2) is 4.79 Å². The number of benzene rings is 1. The molecule has 16 heteroatoms. The Morgan fingerprint density at radius 2 is 1.46 bits per heavy atom. The first-order valence-electron chi connectivity index (χ1n) is 21.0. The van der Waals surface area contributed by atoms with Gasteiger partial charge in [-0.15, -0.1) is 0 Å². The number of methoxy groups -OCH3 is 3. The molecule has 0 bridgehead atoms. The lowest BCUT2D eigenvalue weighted by atomic mass is 9.31. The zero-order chi connectivity index (χ0) is 45.2. The van der Waals surface area contributed by atoms with Gasteiger partial charge in [0.25, 0.3) is 0 Å². The number of hydrogen-bond acceptors (Lipinski definition) is 15. The van der Waals surface area contributed by atoms with Crippen LogP contribution in [0.3, 0.4) is 0 Å². The molecular formula is C45H63BrO15. The Bertz CT molecular complexity index is 1890. The minimum absolute atomic E-state index is 0.0281. The maximum Gasteiger partial charge on any atom is 0.341 e. The van der Waals surface area contributed by atoms with Crippen LogP contribution in [0.25, 0.3) is 0 Å². The van der Waals surface area contributed by atoms with Crippen molar-refractivity contribution in [3.8, 4) is 0 Å². The fraction of sp³-hybridized carbons (Fsp3) is 0.756. The third-order valence-corrected chi connectivity index (χ3v) is 16.6. The predicted molar refractivity (Wildman–Crippen MR) is 219 cm³/mol. The fourth-order valence-electron chi connectivity index (χ4n) is 13.7. The van der Waals surface area contributed by atoms with Crippen molar-refractivity contribution in [3.63, 3.8) is 0 Å². The van der Waals surface area contributed by atoms with Gasteiger partial charge in [0.1, 0.15) is 24.4 Å². The van der Waals surface area contributed by atoms with E-state index in [1.165, 1.54) is 41.9 Å². The van der Waals surface area contributed by atoms with Crippen LogP contribution in [0.1, 0.15) is 87.1 Å². The van der Waals surface area contributed by atoms with E-state index in [1.54, 1.807) is 14.0 Å². The highest BCUT2D eigenvalue weighted by molar-refractivity contribution is 9.10. The zero-order valence-electron chi connectivity index (χ0n) is 37.4. The van der Waals surface area contributed by atoms with Gasteiger partial charge in [0.05, 0.1) is 49.5 Å². The van der Waals surface area contributed by atoms with Crippen molar-refractivity contribution in [3.05, 3.63) is 34.3 Å². The number of aliphatic hydroxyl groups is 1. The molecular weight excluding hydrogens is 860 g/mol. The Hall–Kier alpha value is -3.15. The van der Waals surface area contributed by atoms with E-state index in [4.69, 9.17) is 42.6 Å². The molecule has 2 unspecified atom stereocenters. The van der Waals surface area contributed by atoms with Crippen LogP contribution in [-0.2, 0) is 73.2 Å². The Kier molecular flexibility index (Phi) is 13.0. The summed E-state index contributed by atoms with van der Waals surface area (Å²) in [4.78, 5) is 68.1. The van der Waals surface area contributed by atoms with Gasteiger partial charge in [-0.05, 0) is 62.0 Å². The average molecular weight is 924 g/mol. The van der Waals surface area contributed by atoms with Crippen molar-refractivity contribution in [1.29, 1.82) is 0 Å². The van der Waals surface area contributed by atoms with E-state index in [1.807, 2.05) is 45.0 Å². The summed E-state index contributed by atoms with van der Waals surface area (Å²) in [5, 5.41) is 13.8. The number of epoxide rings is 1. The number of halogens is 1. The number of rotatable bonds is 13. The van der Waals surface area contributed by atoms with Gasteiger partial charge in [0, 0.05) is 63.6 Å². The molecule has 1 N–H and O–H groups in total. The number of carbonyl (C=O) groups excluding carboxylic acids is 5. The van der Waals surface area contributed by atoms with Gasteiger partial charge in [-0.3, -0.25) is 19.2 Å². The Morgan fingerprint density at radius 1 is 0.869 bits per heavy atom. The SMILES string of the molecule is COC[C@H]1[C@]2(C)CC[C@@H]3[C@](C)([C@H](OC(C)=O)[C@H](OC(C)=O)[C@@]4(C)[C@]5(C(=O)OC)OC5[C@@H](C)C[C@@]34O)[C@H]2[C@H](OC(C)=O)[C@H](OC(C)=O)[C@]1(COC)C(C)OCc1ccccc1Br. The second-order valence-electron chi connectivity index (χ2n) is 18.8. The normalized spacial score (nSPS) is 42.6. The highest BCUT2D eigenvalue weighted by Crippen LogP contribution is 2.78. The molecule has 15 nitrogen and oxygen atoms in total. The lowest BCUT2D eigenvalue weighted by Crippen LogP contribution is -2.84. The van der Waals surface area contributed by atoms with Gasteiger partial charge in [-0.1, -0.05) is 54.9 Å². The molecule has 1 aliphatic heterocycles. The molecule has 5 fully saturated rings. The van der Waals surface area contributed by atoms with E-state index in [2.05, 4.69) is 22.9 Å². The first-order valence-corrected chi connectivity index (χ1v) is 21.8. The highest BCUT2D eigenvalue weighted by atomic mass is 79.9. The molecule has 4 aliphatic carbocycles. The first-order chi connectivity index (χ1) is 28.5. The van der Waals surface area contributed by atoms with Gasteiger partial charge in [0.15, 0.2) is 6.10 Å². The summed E-state index contributed by atoms with van der Waals surface area (Å²) in [6, 6.07) is 7.64. The Morgan fingerprint density at radius 3 is 2.02 bits per heavy atom. The molecule has 0 aromatic heterocycles. The van der Waals surface area contributed by atoms with Crippen molar-refractivity contribution in [2.24, 2.45) is 45.3 Å². The molecule has 340 valence electrons. The van der Waals surface area contributed by atoms with Crippen molar-refractivity contribution in [1.82, 2.24) is 0 Å². The van der Waals surface area contributed by atoms with E-state index >= 15 is 0 Å². The lowest BCUT2D eigenvalue weighted by Gasteiger charge is -2.75. The number of esters is 5. The second kappa shape index (κ2) is 16.8. The summed E-state index contributed by atoms with van der Waals surface area (Å²) in [5.41, 5.74) is -8.17. The second-order valence-corrected chi connectivity index (χ2v) is 19.6. The van der Waals surface area contributed by atoms with E-state index < -0.39 is 117 Å². The molecule has 6 rings (SSSR count). The molecule has 1 saturated heterocycles. The van der Waals surface area contributed by atoms with Gasteiger partial charge in [0.2, 0.25) is 5.60 Å². The van der Waals surface area contributed by atoms with E-state index in [0.717, 1.165) is 10.0 Å². The van der Waals surface area contributed by atoms with Crippen LogP contribution in [0.2, 0.25) is 0 Å². The molecule has 1 aromatic carbocycles. The van der Waals surface area contributed by atoms with E-state index in [0.29, 0.717) is 12.8 Å². The quantitative estimate of drug-likeness (QED) is 0.156. The molecule has 5 aliphatic rings. The summed E-state index contributed by atoms with van der Waals surface area (Å²) in [7, 11) is 4.34. The monoisotopic (exact) mass is 922 g/mol. The fourth-order valence-corrected chi connectivity index (χ4v) is 14.1. The zero-order valence-corrected chi connectivity index (χ0v) is 39.0. The molecule has 61 heavy (non-hydrogen) atoms. The first kappa shape index (κ1) is 47.3. The van der Waals surface area contributed by atoms with Crippen LogP contribution in [0.15, 0.2) is 28.7 Å². The number of carbonyl (C=O) groups is 5. The maximum absolute atomic E-state index is 14.1. The van der Waals surface area contributed by atoms with Crippen LogP contribution >= 0.6 is 15.9 Å². The van der Waals surface area contributed by atoms with Crippen molar-refractivity contribution < 1.29 is 71.7 Å². The predicted octanol–water partition coefficient (Wildman–Crippen LogP) is 5.13. The molecule has 1 heterocycles. The minimum atomic E-state index is -1.85. The number of fused-ring (bicyclic) bond motifs is 7. The topological polar surface area (TPSA) is 192 Å². The van der Waals surface area contributed by atoms with E-state index in [-0.39, 0.29) is 32.2 Å². The molecule has 0 amide bonds. The summed E-state index contributed by atoms with van der Waals surface area (Å²) >= 11 is 3.62. The minimum Gasteiger partial charge on any atom is -0.467 e. The highest BCUT2D eigenvalue weighted by Gasteiger charge is 2.91. The van der Waals surface area contributed by atoms with Crippen molar-refractivity contribution in [2.45, 2.75) is 136 Å². The van der Waals surface area contributed by atoms with E-state index in [9.17, 15) is 29.1 Å². The van der Waals surface area contributed by atoms with Crippen LogP contribution in [0.4, 0.5) is 0 Å². The van der Waals surface area contributed by atoms with Gasteiger partial charge < -0.3 is 47.7 Å². The smallest absolute Gasteiger partial charge is 0.341 e. The lowest BCUT2D eigenvalue weighted by molar-refractivity contribution is -0.366. The third kappa shape index (κ3) is 6.86. The molecule has 0 spiro atoms. The summed E-state index contributed by atoms with van der Waals surface area (Å²) < 4.78 is 57.2. The van der Waals surface area contributed by atoms with Crippen LogP contribution in [0.5, 0.6) is 0 Å². The standard InChI is InChI=1S/C45H63BrO15/c1-23-19-44(52)31-17-18-40(7)32(21-53-10)43(22-54-11,24(2)56-20-29-15-13-14-16-30(29)46)36(58-26(4)48)33(57-25(3)47)34(40)41(31,8)37(59-27(5)49)38(60-28(6)50)42(44,9)45(35(23)61-45)39(51)55-12/h13-16,23-24,31-38,52H,17-22H2,1-12H3/t23-,24?,31+,32-,33-,34-,35?,36-,37+,38-,40-,41-,42+,43+,44+,45-/m0/s1. The van der Waals surface area contributed by atoms with Crippen molar-refractivity contribution >= 4 is 45.8 Å². The largest absolute Gasteiger partial charge is 0.467 e. The maximum atomic E-state index is 14.1. The summed E-state index contributed by atoms with van der Waals surface area (Å²) in [6.45, 7) is 14.5. The molecule has 16 atom stereocenters. The third-order valence-electron chi connectivity index (χ3n) is 15.8. The molecule has 0 radical (unpaired) electrons. The molecule has 1 aromatic rings. The van der Waals surface area contributed by atoms with Gasteiger partial charge in [-0.2, -0.15) is 0 Å². The van der Waals surface area contributed by atoms with Crippen LogP contribution in [0, 0.1) is 45.3 Å².